The van der Waals surface area contributed by atoms with Crippen LogP contribution in [0.4, 0.5) is 10.5 Å². The molecule has 124 valence electrons. The number of carbonyl (C=O) groups excluding carboxylic acids is 1. The highest BCUT2D eigenvalue weighted by Crippen LogP contribution is 2.31. The number of rotatable bonds is 2. The predicted octanol–water partition coefficient (Wildman–Crippen LogP) is 2.89. The van der Waals surface area contributed by atoms with Gasteiger partial charge in [-0.2, -0.15) is 0 Å². The van der Waals surface area contributed by atoms with Crippen molar-refractivity contribution in [3.63, 3.8) is 0 Å². The average molecular weight is 324 g/mol. The fraction of sp³-hybridized carbons (Fsp3) is 0.316. The standard InChI is InChI=1S/C19H20N2O3/c22-17-6-8-21(12-17)19(23)20-16-3-1-2-13(11-16)14-4-5-18-15(10-14)7-9-24-18/h1-5,10-11,17,22H,6-9,12H2,(H,20,23). The molecule has 5 nitrogen and oxygen atoms in total. The van der Waals surface area contributed by atoms with Crippen molar-refractivity contribution in [2.75, 3.05) is 25.0 Å². The second-order valence-corrected chi connectivity index (χ2v) is 6.32. The zero-order valence-electron chi connectivity index (χ0n) is 13.4. The maximum absolute atomic E-state index is 12.2. The van der Waals surface area contributed by atoms with Gasteiger partial charge in [-0.3, -0.25) is 0 Å². The minimum absolute atomic E-state index is 0.161. The van der Waals surface area contributed by atoms with Gasteiger partial charge in [-0.15, -0.1) is 0 Å². The second-order valence-electron chi connectivity index (χ2n) is 6.32. The summed E-state index contributed by atoms with van der Waals surface area (Å²) in [5.74, 6) is 0.968. The molecule has 2 aliphatic rings. The van der Waals surface area contributed by atoms with Crippen molar-refractivity contribution < 1.29 is 14.6 Å². The van der Waals surface area contributed by atoms with Gasteiger partial charge in [0.05, 0.1) is 12.7 Å². The number of hydrogen-bond donors (Lipinski definition) is 2. The van der Waals surface area contributed by atoms with Crippen LogP contribution in [-0.4, -0.2) is 41.8 Å². The van der Waals surface area contributed by atoms with E-state index in [1.54, 1.807) is 4.90 Å². The Morgan fingerprint density at radius 2 is 2.08 bits per heavy atom. The topological polar surface area (TPSA) is 61.8 Å². The summed E-state index contributed by atoms with van der Waals surface area (Å²) in [4.78, 5) is 13.9. The summed E-state index contributed by atoms with van der Waals surface area (Å²) in [6.07, 6.45) is 1.18. The van der Waals surface area contributed by atoms with Crippen LogP contribution in [0.5, 0.6) is 5.75 Å². The normalized spacial score (nSPS) is 19.0. The molecule has 0 aromatic heterocycles. The number of aliphatic hydroxyl groups excluding tert-OH is 1. The third-order valence-corrected chi connectivity index (χ3v) is 4.59. The molecule has 1 unspecified atom stereocenters. The minimum atomic E-state index is -0.407. The fourth-order valence-corrected chi connectivity index (χ4v) is 3.27. The SMILES string of the molecule is O=C(Nc1cccc(-c2ccc3c(c2)CCO3)c1)N1CCC(O)C1. The van der Waals surface area contributed by atoms with Crippen LogP contribution in [0.2, 0.25) is 0 Å². The highest BCUT2D eigenvalue weighted by atomic mass is 16.5. The highest BCUT2D eigenvalue weighted by molar-refractivity contribution is 5.90. The number of fused-ring (bicyclic) bond motifs is 1. The number of aliphatic hydroxyl groups is 1. The lowest BCUT2D eigenvalue weighted by Crippen LogP contribution is -2.33. The van der Waals surface area contributed by atoms with Gasteiger partial charge in [0.25, 0.3) is 0 Å². The van der Waals surface area contributed by atoms with Crippen molar-refractivity contribution in [2.24, 2.45) is 0 Å². The summed E-state index contributed by atoms with van der Waals surface area (Å²) < 4.78 is 5.55. The van der Waals surface area contributed by atoms with Gasteiger partial charge < -0.3 is 20.1 Å². The highest BCUT2D eigenvalue weighted by Gasteiger charge is 2.24. The van der Waals surface area contributed by atoms with Gasteiger partial charge in [0.1, 0.15) is 5.75 Å². The summed E-state index contributed by atoms with van der Waals surface area (Å²) in [6.45, 7) is 1.74. The summed E-state index contributed by atoms with van der Waals surface area (Å²) in [6, 6.07) is 13.9. The van der Waals surface area contributed by atoms with Gasteiger partial charge in [-0.05, 0) is 47.4 Å². The van der Waals surface area contributed by atoms with Crippen molar-refractivity contribution in [2.45, 2.75) is 18.9 Å². The lowest BCUT2D eigenvalue weighted by molar-refractivity contribution is 0.176. The van der Waals surface area contributed by atoms with Crippen LogP contribution >= 0.6 is 0 Å². The lowest BCUT2D eigenvalue weighted by Gasteiger charge is -2.17. The molecule has 1 fully saturated rings. The number of benzene rings is 2. The molecule has 2 N–H and O–H groups in total. The van der Waals surface area contributed by atoms with Gasteiger partial charge in [0.2, 0.25) is 0 Å². The molecule has 0 aliphatic carbocycles. The van der Waals surface area contributed by atoms with E-state index in [0.29, 0.717) is 19.5 Å². The monoisotopic (exact) mass is 324 g/mol. The molecule has 2 heterocycles. The fourth-order valence-electron chi connectivity index (χ4n) is 3.27. The summed E-state index contributed by atoms with van der Waals surface area (Å²) >= 11 is 0. The van der Waals surface area contributed by atoms with Crippen molar-refractivity contribution in [3.05, 3.63) is 48.0 Å². The van der Waals surface area contributed by atoms with E-state index in [1.165, 1.54) is 5.56 Å². The first kappa shape index (κ1) is 15.0. The van der Waals surface area contributed by atoms with E-state index in [2.05, 4.69) is 11.4 Å². The van der Waals surface area contributed by atoms with Crippen molar-refractivity contribution in [1.29, 1.82) is 0 Å². The largest absolute Gasteiger partial charge is 0.493 e. The van der Waals surface area contributed by atoms with Crippen LogP contribution < -0.4 is 10.1 Å². The van der Waals surface area contributed by atoms with Crippen LogP contribution in [0.3, 0.4) is 0 Å². The quantitative estimate of drug-likeness (QED) is 0.893. The average Bonchev–Trinajstić information content (AvgIpc) is 3.23. The first-order valence-electron chi connectivity index (χ1n) is 8.29. The molecule has 2 aromatic rings. The van der Waals surface area contributed by atoms with Crippen molar-refractivity contribution >= 4 is 11.7 Å². The zero-order chi connectivity index (χ0) is 16.5. The molecule has 5 heteroatoms. The Hall–Kier alpha value is -2.53. The van der Waals surface area contributed by atoms with Crippen LogP contribution in [0.1, 0.15) is 12.0 Å². The molecule has 0 spiro atoms. The van der Waals surface area contributed by atoms with Gasteiger partial charge in [0, 0.05) is 25.2 Å². The van der Waals surface area contributed by atoms with Gasteiger partial charge in [-0.1, -0.05) is 18.2 Å². The van der Waals surface area contributed by atoms with E-state index < -0.39 is 6.10 Å². The second kappa shape index (κ2) is 6.17. The van der Waals surface area contributed by atoms with Crippen LogP contribution in [0.25, 0.3) is 11.1 Å². The number of anilines is 1. The molecule has 2 amide bonds. The summed E-state index contributed by atoms with van der Waals surface area (Å²) in [7, 11) is 0. The predicted molar refractivity (Wildman–Crippen MR) is 92.3 cm³/mol. The third kappa shape index (κ3) is 2.95. The van der Waals surface area contributed by atoms with E-state index in [1.807, 2.05) is 36.4 Å². The third-order valence-electron chi connectivity index (χ3n) is 4.59. The first-order valence-corrected chi connectivity index (χ1v) is 8.29. The Kier molecular flexibility index (Phi) is 3.86. The van der Waals surface area contributed by atoms with E-state index in [4.69, 9.17) is 4.74 Å². The Morgan fingerprint density at radius 1 is 1.21 bits per heavy atom. The smallest absolute Gasteiger partial charge is 0.321 e. The summed E-state index contributed by atoms with van der Waals surface area (Å²) in [5, 5.41) is 12.5. The minimum Gasteiger partial charge on any atom is -0.493 e. The van der Waals surface area contributed by atoms with E-state index in [9.17, 15) is 9.90 Å². The molecular weight excluding hydrogens is 304 g/mol. The Morgan fingerprint density at radius 3 is 2.92 bits per heavy atom. The number of β-amino-alcohol motifs (C(OH)–C–C–N with tert-alkyl or cyclic N) is 1. The zero-order valence-corrected chi connectivity index (χ0v) is 13.4. The molecule has 0 saturated carbocycles. The number of hydrogen-bond acceptors (Lipinski definition) is 3. The van der Waals surface area contributed by atoms with Crippen molar-refractivity contribution in [3.8, 4) is 16.9 Å². The molecule has 4 rings (SSSR count). The van der Waals surface area contributed by atoms with Crippen LogP contribution in [-0.2, 0) is 6.42 Å². The molecule has 1 saturated heterocycles. The first-order chi connectivity index (χ1) is 11.7. The lowest BCUT2D eigenvalue weighted by atomic mass is 10.0. The number of likely N-dealkylation sites (tertiary alicyclic amines) is 1. The molecule has 2 aliphatic heterocycles. The molecule has 2 aromatic carbocycles. The van der Waals surface area contributed by atoms with Gasteiger partial charge in [0.15, 0.2) is 0 Å². The molecule has 24 heavy (non-hydrogen) atoms. The van der Waals surface area contributed by atoms with E-state index >= 15 is 0 Å². The molecule has 1 atom stereocenters. The van der Waals surface area contributed by atoms with Crippen LogP contribution in [0, 0.1) is 0 Å². The number of carbonyl (C=O) groups is 1. The molecular formula is C19H20N2O3. The number of ether oxygens (including phenoxy) is 1. The Bertz CT molecular complexity index is 775. The number of nitrogens with one attached hydrogen (secondary N) is 1. The van der Waals surface area contributed by atoms with Gasteiger partial charge >= 0.3 is 6.03 Å². The van der Waals surface area contributed by atoms with E-state index in [0.717, 1.165) is 35.6 Å². The summed E-state index contributed by atoms with van der Waals surface area (Å²) in [5.41, 5.74) is 4.17. The number of amides is 2. The van der Waals surface area contributed by atoms with Crippen molar-refractivity contribution in [1.82, 2.24) is 4.90 Å². The van der Waals surface area contributed by atoms with Crippen LogP contribution in [0.15, 0.2) is 42.5 Å². The Labute approximate surface area is 140 Å². The molecule has 0 radical (unpaired) electrons. The maximum atomic E-state index is 12.2. The Balaban J connectivity index is 1.52. The number of nitrogens with zero attached hydrogens (tertiary/aromatic N) is 1. The molecule has 0 bridgehead atoms. The maximum Gasteiger partial charge on any atom is 0.321 e. The van der Waals surface area contributed by atoms with E-state index in [-0.39, 0.29) is 6.03 Å². The van der Waals surface area contributed by atoms with Gasteiger partial charge in [-0.25, -0.2) is 4.79 Å². The number of urea groups is 1.